The van der Waals surface area contributed by atoms with Gasteiger partial charge in [-0.25, -0.2) is 0 Å². The Bertz CT molecular complexity index is 459. The molecule has 0 spiro atoms. The molecule has 0 N–H and O–H groups in total. The van der Waals surface area contributed by atoms with Gasteiger partial charge < -0.3 is 9.47 Å². The molecule has 1 aromatic heterocycles. The van der Waals surface area contributed by atoms with E-state index in [0.29, 0.717) is 19.1 Å². The summed E-state index contributed by atoms with van der Waals surface area (Å²) in [7, 11) is 0. The van der Waals surface area contributed by atoms with Crippen LogP contribution in [0, 0.1) is 12.5 Å². The van der Waals surface area contributed by atoms with Gasteiger partial charge in [-0.15, -0.1) is 0 Å². The van der Waals surface area contributed by atoms with Crippen molar-refractivity contribution in [2.75, 3.05) is 6.61 Å². The van der Waals surface area contributed by atoms with Crippen molar-refractivity contribution in [2.24, 2.45) is 0 Å². The highest BCUT2D eigenvalue weighted by Gasteiger charge is 2.38. The summed E-state index contributed by atoms with van der Waals surface area (Å²) in [5.41, 5.74) is 2.32. The molecule has 0 bridgehead atoms. The molecule has 0 saturated heterocycles. The Morgan fingerprint density at radius 1 is 1.61 bits per heavy atom. The minimum absolute atomic E-state index is 0.366. The van der Waals surface area contributed by atoms with Crippen LogP contribution in [0.3, 0.4) is 0 Å². The molecule has 4 nitrogen and oxygen atoms in total. The van der Waals surface area contributed by atoms with Crippen LogP contribution >= 0.6 is 0 Å². The second-order valence-electron chi connectivity index (χ2n) is 4.92. The van der Waals surface area contributed by atoms with Gasteiger partial charge in [-0.05, 0) is 32.8 Å². The molecular weight excluding hydrogens is 228 g/mol. The maximum atomic E-state index is 5.74. The van der Waals surface area contributed by atoms with Gasteiger partial charge in [0.05, 0.1) is 5.69 Å². The lowest BCUT2D eigenvalue weighted by molar-refractivity contribution is -0.203. The number of fused-ring (bicyclic) bond motifs is 1. The zero-order chi connectivity index (χ0) is 13.2. The number of aromatic nitrogens is 2. The van der Waals surface area contributed by atoms with Gasteiger partial charge in [-0.3, -0.25) is 4.68 Å². The summed E-state index contributed by atoms with van der Waals surface area (Å²) in [6.07, 6.45) is 11.9. The molecule has 0 aliphatic heterocycles. The summed E-state index contributed by atoms with van der Waals surface area (Å²) in [6.45, 7) is 6.78. The fourth-order valence-electron chi connectivity index (χ4n) is 2.39. The Labute approximate surface area is 108 Å². The lowest BCUT2D eigenvalue weighted by Crippen LogP contribution is -2.40. The summed E-state index contributed by atoms with van der Waals surface area (Å²) >= 11 is 0. The van der Waals surface area contributed by atoms with Gasteiger partial charge in [0.15, 0.2) is 0 Å². The number of hydrogen-bond acceptors (Lipinski definition) is 3. The van der Waals surface area contributed by atoms with E-state index in [4.69, 9.17) is 15.9 Å². The first kappa shape index (κ1) is 13.0. The molecule has 98 valence electrons. The van der Waals surface area contributed by atoms with Crippen LogP contribution in [0.25, 0.3) is 0 Å². The third-order valence-electron chi connectivity index (χ3n) is 3.28. The van der Waals surface area contributed by atoms with Crippen molar-refractivity contribution in [2.45, 2.75) is 51.9 Å². The van der Waals surface area contributed by atoms with Crippen LogP contribution in [0.2, 0.25) is 0 Å². The molecule has 1 heterocycles. The summed E-state index contributed by atoms with van der Waals surface area (Å²) < 4.78 is 13.1. The van der Waals surface area contributed by atoms with Gasteiger partial charge in [0.25, 0.3) is 0 Å². The molecule has 1 atom stereocenters. The Morgan fingerprint density at radius 3 is 3.00 bits per heavy atom. The minimum Gasteiger partial charge on any atom is -0.412 e. The third-order valence-corrected chi connectivity index (χ3v) is 3.28. The molecule has 0 saturated carbocycles. The molecule has 18 heavy (non-hydrogen) atoms. The van der Waals surface area contributed by atoms with Gasteiger partial charge in [-0.1, -0.05) is 6.42 Å². The van der Waals surface area contributed by atoms with E-state index in [1.807, 2.05) is 11.6 Å². The van der Waals surface area contributed by atoms with Crippen LogP contribution in [0.4, 0.5) is 0 Å². The topological polar surface area (TPSA) is 36.3 Å². The van der Waals surface area contributed by atoms with E-state index >= 15 is 0 Å². The van der Waals surface area contributed by atoms with Gasteiger partial charge in [-0.2, -0.15) is 5.10 Å². The Kier molecular flexibility index (Phi) is 3.63. The molecule has 0 fully saturated rings. The highest BCUT2D eigenvalue weighted by Crippen LogP contribution is 2.32. The van der Waals surface area contributed by atoms with Crippen molar-refractivity contribution < 1.29 is 9.47 Å². The van der Waals surface area contributed by atoms with E-state index in [9.17, 15) is 0 Å². The van der Waals surface area contributed by atoms with Crippen molar-refractivity contribution in [3.63, 3.8) is 0 Å². The number of aryl methyl sites for hydroxylation is 1. The molecule has 1 unspecified atom stereocenters. The molecule has 1 aliphatic carbocycles. The number of terminal acetylenes is 1. The number of rotatable bonds is 4. The van der Waals surface area contributed by atoms with Gasteiger partial charge >= 0.3 is 0 Å². The van der Waals surface area contributed by atoms with Gasteiger partial charge in [0, 0.05) is 31.7 Å². The predicted molar refractivity (Wildman–Crippen MR) is 68.9 cm³/mol. The maximum absolute atomic E-state index is 5.74. The minimum atomic E-state index is -0.665. The van der Waals surface area contributed by atoms with Crippen molar-refractivity contribution in [1.82, 2.24) is 9.78 Å². The first-order valence-corrected chi connectivity index (χ1v) is 6.44. The van der Waals surface area contributed by atoms with Crippen LogP contribution in [-0.2, 0) is 22.3 Å². The number of ether oxygens (including phenoxy) is 2. The summed E-state index contributed by atoms with van der Waals surface area (Å²) in [4.78, 5) is 0. The quantitative estimate of drug-likeness (QED) is 0.606. The fourth-order valence-corrected chi connectivity index (χ4v) is 2.39. The third kappa shape index (κ3) is 2.37. The SMILES string of the molecule is C#COC1(OCC)CCc2nn(C(C)C)cc2C1. The Hall–Kier alpha value is -1.47. The van der Waals surface area contributed by atoms with Crippen LogP contribution in [0.1, 0.15) is 44.5 Å². The maximum Gasteiger partial charge on any atom is 0.225 e. The largest absolute Gasteiger partial charge is 0.412 e. The van der Waals surface area contributed by atoms with Crippen molar-refractivity contribution >= 4 is 0 Å². The Morgan fingerprint density at radius 2 is 2.39 bits per heavy atom. The highest BCUT2D eigenvalue weighted by molar-refractivity contribution is 5.23. The van der Waals surface area contributed by atoms with E-state index in [2.05, 4.69) is 31.2 Å². The smallest absolute Gasteiger partial charge is 0.225 e. The molecule has 0 radical (unpaired) electrons. The second kappa shape index (κ2) is 5.03. The first-order valence-electron chi connectivity index (χ1n) is 6.44. The van der Waals surface area contributed by atoms with Crippen molar-refractivity contribution in [3.05, 3.63) is 17.5 Å². The van der Waals surface area contributed by atoms with E-state index in [-0.39, 0.29) is 0 Å². The summed E-state index contributed by atoms with van der Waals surface area (Å²) in [5.74, 6) is -0.665. The fraction of sp³-hybridized carbons (Fsp3) is 0.643. The number of hydrogen-bond donors (Lipinski definition) is 0. The molecule has 1 aromatic rings. The molecule has 1 aliphatic rings. The van der Waals surface area contributed by atoms with E-state index in [1.165, 1.54) is 5.56 Å². The van der Waals surface area contributed by atoms with E-state index in [0.717, 1.165) is 18.5 Å². The normalized spacial score (nSPS) is 22.6. The lowest BCUT2D eigenvalue weighted by Gasteiger charge is -2.33. The van der Waals surface area contributed by atoms with Gasteiger partial charge in [0.2, 0.25) is 5.79 Å². The second-order valence-corrected chi connectivity index (χ2v) is 4.92. The van der Waals surface area contributed by atoms with Crippen LogP contribution in [-0.4, -0.2) is 22.2 Å². The van der Waals surface area contributed by atoms with Gasteiger partial charge in [0.1, 0.15) is 6.11 Å². The molecule has 2 rings (SSSR count). The summed E-state index contributed by atoms with van der Waals surface area (Å²) in [6, 6.07) is 0.366. The van der Waals surface area contributed by atoms with Crippen molar-refractivity contribution in [1.29, 1.82) is 0 Å². The zero-order valence-corrected chi connectivity index (χ0v) is 11.3. The molecular formula is C14H20N2O2. The number of nitrogens with zero attached hydrogens (tertiary/aromatic N) is 2. The lowest BCUT2D eigenvalue weighted by atomic mass is 9.92. The highest BCUT2D eigenvalue weighted by atomic mass is 16.7. The zero-order valence-electron chi connectivity index (χ0n) is 11.3. The van der Waals surface area contributed by atoms with Crippen LogP contribution in [0.5, 0.6) is 0 Å². The van der Waals surface area contributed by atoms with Crippen molar-refractivity contribution in [3.8, 4) is 12.5 Å². The van der Waals surface area contributed by atoms with Crippen LogP contribution in [0.15, 0.2) is 6.20 Å². The average Bonchev–Trinajstić information content (AvgIpc) is 2.72. The average molecular weight is 248 g/mol. The monoisotopic (exact) mass is 248 g/mol. The molecule has 0 amide bonds. The molecule has 4 heteroatoms. The Balaban J connectivity index is 2.24. The standard InChI is InChI=1S/C14H20N2O2/c1-5-17-14(18-6-2)8-7-13-12(9-14)10-16(15-13)11(3)4/h1,10-11H,6-9H2,2-4H3. The van der Waals surface area contributed by atoms with E-state index < -0.39 is 5.79 Å². The van der Waals surface area contributed by atoms with E-state index in [1.54, 1.807) is 0 Å². The molecule has 0 aromatic carbocycles. The summed E-state index contributed by atoms with van der Waals surface area (Å²) in [5, 5.41) is 4.59. The first-order chi connectivity index (χ1) is 8.60. The van der Waals surface area contributed by atoms with Crippen LogP contribution < -0.4 is 0 Å². The predicted octanol–water partition coefficient (Wildman–Crippen LogP) is 2.29.